The van der Waals surface area contributed by atoms with Gasteiger partial charge in [-0.3, -0.25) is 4.79 Å². The fourth-order valence-electron chi connectivity index (χ4n) is 1.19. The first-order valence-corrected chi connectivity index (χ1v) is 5.87. The highest BCUT2D eigenvalue weighted by Crippen LogP contribution is 2.14. The molecule has 1 aromatic heterocycles. The van der Waals surface area contributed by atoms with Gasteiger partial charge < -0.3 is 5.32 Å². The summed E-state index contributed by atoms with van der Waals surface area (Å²) in [5, 5.41) is 9.79. The zero-order chi connectivity index (χ0) is 12.3. The number of nitrogens with zero attached hydrogens (tertiary/aromatic N) is 2. The molecule has 0 bridgehead atoms. The number of hydrogen-bond acceptors (Lipinski definition) is 4. The van der Waals surface area contributed by atoms with Crippen LogP contribution >= 0.6 is 22.9 Å². The molecule has 0 aliphatic rings. The molecule has 0 saturated heterocycles. The van der Waals surface area contributed by atoms with Crippen molar-refractivity contribution in [3.8, 4) is 0 Å². The molecule has 1 amide bonds. The van der Waals surface area contributed by atoms with Crippen molar-refractivity contribution in [1.82, 2.24) is 15.5 Å². The molecule has 2 aromatic rings. The van der Waals surface area contributed by atoms with Crippen molar-refractivity contribution in [2.24, 2.45) is 0 Å². The van der Waals surface area contributed by atoms with E-state index in [9.17, 15) is 9.18 Å². The summed E-state index contributed by atoms with van der Waals surface area (Å²) in [5.74, 6) is -0.777. The Morgan fingerprint density at radius 2 is 2.18 bits per heavy atom. The summed E-state index contributed by atoms with van der Waals surface area (Å²) < 4.78 is 13.4. The number of nitrogens with one attached hydrogen (secondary N) is 1. The van der Waals surface area contributed by atoms with Crippen LogP contribution < -0.4 is 5.32 Å². The van der Waals surface area contributed by atoms with Crippen molar-refractivity contribution in [3.05, 3.63) is 45.1 Å². The first kappa shape index (κ1) is 11.9. The summed E-state index contributed by atoms with van der Waals surface area (Å²) in [6.07, 6.45) is 0. The highest BCUT2D eigenvalue weighted by Gasteiger charge is 2.12. The lowest BCUT2D eigenvalue weighted by atomic mass is 10.2. The van der Waals surface area contributed by atoms with E-state index in [0.717, 1.165) is 11.3 Å². The third kappa shape index (κ3) is 2.98. The van der Waals surface area contributed by atoms with E-state index in [1.165, 1.54) is 6.07 Å². The van der Waals surface area contributed by atoms with Crippen LogP contribution in [-0.2, 0) is 6.54 Å². The van der Waals surface area contributed by atoms with Crippen LogP contribution in [0.1, 0.15) is 15.4 Å². The number of aromatic nitrogens is 2. The summed E-state index contributed by atoms with van der Waals surface area (Å²) in [6.45, 7) is 0.0999. The summed E-state index contributed by atoms with van der Waals surface area (Å²) >= 11 is 6.52. The summed E-state index contributed by atoms with van der Waals surface area (Å²) in [4.78, 5) is 11.6. The van der Waals surface area contributed by atoms with Crippen molar-refractivity contribution < 1.29 is 9.18 Å². The predicted octanol–water partition coefficient (Wildman–Crippen LogP) is 2.26. The van der Waals surface area contributed by atoms with Crippen LogP contribution in [-0.4, -0.2) is 16.1 Å². The maximum atomic E-state index is 13.2. The molecule has 4 nitrogen and oxygen atoms in total. The van der Waals surface area contributed by atoms with Crippen LogP contribution in [0.25, 0.3) is 0 Å². The van der Waals surface area contributed by atoms with Crippen LogP contribution in [0.2, 0.25) is 4.47 Å². The Hall–Kier alpha value is -1.53. The van der Waals surface area contributed by atoms with Crippen LogP contribution in [0, 0.1) is 5.82 Å². The number of benzene rings is 1. The van der Waals surface area contributed by atoms with E-state index in [1.54, 1.807) is 18.2 Å². The first-order chi connectivity index (χ1) is 8.16. The number of carbonyl (C=O) groups is 1. The van der Waals surface area contributed by atoms with Crippen molar-refractivity contribution in [2.45, 2.75) is 6.54 Å². The average molecular weight is 272 g/mol. The van der Waals surface area contributed by atoms with E-state index in [4.69, 9.17) is 11.6 Å². The maximum Gasteiger partial charge on any atom is 0.282 e. The highest BCUT2D eigenvalue weighted by atomic mass is 35.5. The van der Waals surface area contributed by atoms with Gasteiger partial charge in [0.2, 0.25) is 9.47 Å². The van der Waals surface area contributed by atoms with Crippen LogP contribution in [0.5, 0.6) is 0 Å². The predicted molar refractivity (Wildman–Crippen MR) is 62.5 cm³/mol. The molecular weight excluding hydrogens is 265 g/mol. The summed E-state index contributed by atoms with van der Waals surface area (Å²) in [6, 6.07) is 6.23. The van der Waals surface area contributed by atoms with E-state index in [1.807, 2.05) is 0 Å². The molecule has 0 atom stereocenters. The lowest BCUT2D eigenvalue weighted by molar-refractivity contribution is 0.0949. The van der Waals surface area contributed by atoms with Crippen molar-refractivity contribution in [2.75, 3.05) is 0 Å². The molecule has 0 unspecified atom stereocenters. The lowest BCUT2D eigenvalue weighted by Gasteiger charge is -2.03. The molecule has 0 radical (unpaired) electrons. The minimum Gasteiger partial charge on any atom is -0.346 e. The molecule has 7 heteroatoms. The number of hydrogen-bond donors (Lipinski definition) is 1. The number of rotatable bonds is 3. The van der Waals surface area contributed by atoms with Gasteiger partial charge in [0.25, 0.3) is 5.91 Å². The van der Waals surface area contributed by atoms with Gasteiger partial charge in [-0.25, -0.2) is 4.39 Å². The third-order valence-corrected chi connectivity index (χ3v) is 3.01. The summed E-state index contributed by atoms with van der Waals surface area (Å²) in [7, 11) is 0. The molecule has 0 spiro atoms. The van der Waals surface area contributed by atoms with Crippen LogP contribution in [0.4, 0.5) is 4.39 Å². The Morgan fingerprint density at radius 3 is 2.82 bits per heavy atom. The molecule has 0 aliphatic heterocycles. The van der Waals surface area contributed by atoms with Gasteiger partial charge >= 0.3 is 0 Å². The monoisotopic (exact) mass is 271 g/mol. The molecule has 0 aliphatic carbocycles. The Kier molecular flexibility index (Phi) is 3.65. The third-order valence-electron chi connectivity index (χ3n) is 1.99. The van der Waals surface area contributed by atoms with Gasteiger partial charge in [0.05, 0.1) is 0 Å². The largest absolute Gasteiger partial charge is 0.346 e. The highest BCUT2D eigenvalue weighted by molar-refractivity contribution is 7.17. The van der Waals surface area contributed by atoms with Gasteiger partial charge in [-0.1, -0.05) is 29.5 Å². The smallest absolute Gasteiger partial charge is 0.282 e. The van der Waals surface area contributed by atoms with Crippen LogP contribution in [0.15, 0.2) is 24.3 Å². The van der Waals surface area contributed by atoms with Crippen molar-refractivity contribution >= 4 is 28.8 Å². The topological polar surface area (TPSA) is 54.9 Å². The van der Waals surface area contributed by atoms with E-state index < -0.39 is 5.91 Å². The first-order valence-electron chi connectivity index (χ1n) is 4.67. The molecule has 0 fully saturated rings. The molecule has 17 heavy (non-hydrogen) atoms. The average Bonchev–Trinajstić information content (AvgIpc) is 2.74. The second kappa shape index (κ2) is 5.20. The van der Waals surface area contributed by atoms with E-state index in [2.05, 4.69) is 15.5 Å². The fraction of sp³-hybridized carbons (Fsp3) is 0.100. The Balaban J connectivity index is 1.99. The van der Waals surface area contributed by atoms with E-state index in [0.29, 0.717) is 5.56 Å². The normalized spacial score (nSPS) is 10.2. The zero-order valence-corrected chi connectivity index (χ0v) is 10.1. The minimum absolute atomic E-state index is 0.0999. The standard InChI is InChI=1S/C10H7ClFN3OS/c11-10-15-14-9(17-10)8(16)13-5-6-3-1-2-4-7(6)12/h1-4H,5H2,(H,13,16). The molecule has 1 N–H and O–H groups in total. The van der Waals surface area contributed by atoms with E-state index in [-0.39, 0.29) is 21.8 Å². The molecular formula is C10H7ClFN3OS. The molecule has 1 heterocycles. The van der Waals surface area contributed by atoms with Gasteiger partial charge in [0, 0.05) is 12.1 Å². The SMILES string of the molecule is O=C(NCc1ccccc1F)c1nnc(Cl)s1. The second-order valence-corrected chi connectivity index (χ2v) is 4.69. The fourth-order valence-corrected chi connectivity index (χ4v) is 1.93. The maximum absolute atomic E-state index is 13.2. The molecule has 1 aromatic carbocycles. The van der Waals surface area contributed by atoms with Gasteiger partial charge in [-0.05, 0) is 17.7 Å². The van der Waals surface area contributed by atoms with Gasteiger partial charge in [0.1, 0.15) is 5.82 Å². The quantitative estimate of drug-likeness (QED) is 0.932. The lowest BCUT2D eigenvalue weighted by Crippen LogP contribution is -2.23. The van der Waals surface area contributed by atoms with Gasteiger partial charge in [-0.15, -0.1) is 10.2 Å². The van der Waals surface area contributed by atoms with E-state index >= 15 is 0 Å². The number of amides is 1. The van der Waals surface area contributed by atoms with Gasteiger partial charge in [0.15, 0.2) is 0 Å². The Labute approximate surface area is 105 Å². The zero-order valence-electron chi connectivity index (χ0n) is 8.48. The Morgan fingerprint density at radius 1 is 1.41 bits per heavy atom. The molecule has 0 saturated carbocycles. The number of carbonyl (C=O) groups excluding carboxylic acids is 1. The minimum atomic E-state index is -0.419. The van der Waals surface area contributed by atoms with Crippen molar-refractivity contribution in [1.29, 1.82) is 0 Å². The summed E-state index contributed by atoms with van der Waals surface area (Å²) in [5.41, 5.74) is 0.413. The Bertz CT molecular complexity index is 546. The van der Waals surface area contributed by atoms with Gasteiger partial charge in [-0.2, -0.15) is 0 Å². The second-order valence-electron chi connectivity index (χ2n) is 3.13. The molecule has 2 rings (SSSR count). The van der Waals surface area contributed by atoms with Crippen LogP contribution in [0.3, 0.4) is 0 Å². The number of halogens is 2. The molecule has 88 valence electrons. The van der Waals surface area contributed by atoms with Crippen molar-refractivity contribution in [3.63, 3.8) is 0 Å².